The molecule has 3 nitrogen and oxygen atoms in total. The van der Waals surface area contributed by atoms with Crippen LogP contribution in [-0.2, 0) is 0 Å². The van der Waals surface area contributed by atoms with Crippen molar-refractivity contribution in [2.45, 2.75) is 6.92 Å². The topological polar surface area (TPSA) is 42.2 Å². The number of amides is 1. The van der Waals surface area contributed by atoms with Crippen LogP contribution in [0.3, 0.4) is 0 Å². The predicted molar refractivity (Wildman–Crippen MR) is 71.1 cm³/mol. The second-order valence-corrected chi connectivity index (χ2v) is 4.76. The molecule has 1 amide bonds. The molecular weight excluding hydrogens is 282 g/mol. The molecule has 2 rings (SSSR count). The van der Waals surface area contributed by atoms with Crippen molar-refractivity contribution in [3.05, 3.63) is 46.7 Å². The van der Waals surface area contributed by atoms with Gasteiger partial charge in [0.15, 0.2) is 5.76 Å². The van der Waals surface area contributed by atoms with E-state index in [0.29, 0.717) is 17.9 Å². The fourth-order valence-electron chi connectivity index (χ4n) is 1.46. The molecule has 0 aliphatic heterocycles. The summed E-state index contributed by atoms with van der Waals surface area (Å²) in [5.41, 5.74) is 1.59. The molecule has 0 unspecified atom stereocenters. The van der Waals surface area contributed by atoms with E-state index < -0.39 is 0 Å². The molecule has 0 atom stereocenters. The summed E-state index contributed by atoms with van der Waals surface area (Å²) >= 11 is 3.38. The molecule has 0 saturated heterocycles. The zero-order chi connectivity index (χ0) is 12.4. The molecule has 0 bridgehead atoms. The van der Waals surface area contributed by atoms with Gasteiger partial charge in [0, 0.05) is 11.9 Å². The molecule has 1 aromatic heterocycles. The van der Waals surface area contributed by atoms with Gasteiger partial charge in [0.25, 0.3) is 5.91 Å². The van der Waals surface area contributed by atoms with Crippen molar-refractivity contribution in [1.82, 2.24) is 5.32 Å². The van der Waals surface area contributed by atoms with Gasteiger partial charge in [0.1, 0.15) is 5.58 Å². The summed E-state index contributed by atoms with van der Waals surface area (Å²) in [4.78, 5) is 11.8. The largest absolute Gasteiger partial charge is 0.450 e. The summed E-state index contributed by atoms with van der Waals surface area (Å²) < 4.78 is 6.35. The van der Waals surface area contributed by atoms with Crippen LogP contribution in [0.25, 0.3) is 11.0 Å². The summed E-state index contributed by atoms with van der Waals surface area (Å²) in [7, 11) is 0. The number of hydrogen-bond acceptors (Lipinski definition) is 2. The zero-order valence-electron chi connectivity index (χ0n) is 9.42. The summed E-state index contributed by atoms with van der Waals surface area (Å²) in [6, 6.07) is 7.41. The van der Waals surface area contributed by atoms with E-state index in [2.05, 4.69) is 27.8 Å². The van der Waals surface area contributed by atoms with Crippen LogP contribution in [0.1, 0.15) is 17.5 Å². The van der Waals surface area contributed by atoms with E-state index >= 15 is 0 Å². The Morgan fingerprint density at radius 2 is 2.29 bits per heavy atom. The molecule has 4 heteroatoms. The highest BCUT2D eigenvalue weighted by atomic mass is 79.9. The molecule has 1 aromatic carbocycles. The van der Waals surface area contributed by atoms with E-state index in [0.717, 1.165) is 15.4 Å². The smallest absolute Gasteiger partial charge is 0.287 e. The van der Waals surface area contributed by atoms with Crippen LogP contribution in [0.4, 0.5) is 0 Å². The third kappa shape index (κ3) is 2.58. The zero-order valence-corrected chi connectivity index (χ0v) is 11.0. The van der Waals surface area contributed by atoms with Crippen LogP contribution >= 0.6 is 15.9 Å². The van der Waals surface area contributed by atoms with E-state index in [-0.39, 0.29) is 5.91 Å². The predicted octanol–water partition coefficient (Wildman–Crippen LogP) is 3.50. The number of halogens is 1. The molecule has 88 valence electrons. The number of fused-ring (bicyclic) bond motifs is 1. The van der Waals surface area contributed by atoms with Crippen molar-refractivity contribution >= 4 is 32.8 Å². The maximum absolute atomic E-state index is 11.8. The molecule has 0 spiro atoms. The summed E-state index contributed by atoms with van der Waals surface area (Å²) in [5.74, 6) is 0.0873. The van der Waals surface area contributed by atoms with Gasteiger partial charge < -0.3 is 9.73 Å². The van der Waals surface area contributed by atoms with Gasteiger partial charge in [-0.3, -0.25) is 4.79 Å². The molecule has 0 radical (unpaired) electrons. The number of furan rings is 1. The van der Waals surface area contributed by atoms with Crippen LogP contribution in [0.5, 0.6) is 0 Å². The van der Waals surface area contributed by atoms with E-state index in [4.69, 9.17) is 4.42 Å². The number of carbonyl (C=O) groups excluding carboxylic acids is 1. The first kappa shape index (κ1) is 11.9. The number of rotatable bonds is 3. The van der Waals surface area contributed by atoms with Gasteiger partial charge in [-0.25, -0.2) is 0 Å². The van der Waals surface area contributed by atoms with E-state index in [9.17, 15) is 4.79 Å². The van der Waals surface area contributed by atoms with Gasteiger partial charge in [0.05, 0.1) is 4.47 Å². The van der Waals surface area contributed by atoms with E-state index in [1.54, 1.807) is 6.07 Å². The van der Waals surface area contributed by atoms with Gasteiger partial charge >= 0.3 is 0 Å². The lowest BCUT2D eigenvalue weighted by atomic mass is 10.2. The Balaban J connectivity index is 2.27. The Bertz CT molecular complexity index is 586. The van der Waals surface area contributed by atoms with Crippen LogP contribution in [0, 0.1) is 0 Å². The number of hydrogen-bond donors (Lipinski definition) is 1. The van der Waals surface area contributed by atoms with Crippen LogP contribution in [0.15, 0.2) is 45.3 Å². The number of benzene rings is 1. The van der Waals surface area contributed by atoms with Crippen molar-refractivity contribution < 1.29 is 9.21 Å². The molecule has 0 saturated carbocycles. The lowest BCUT2D eigenvalue weighted by Crippen LogP contribution is -2.24. The number of para-hydroxylation sites is 1. The normalized spacial score (nSPS) is 10.5. The maximum Gasteiger partial charge on any atom is 0.287 e. The van der Waals surface area contributed by atoms with Crippen molar-refractivity contribution in [3.63, 3.8) is 0 Å². The highest BCUT2D eigenvalue weighted by Gasteiger charge is 2.12. The molecule has 2 aromatic rings. The van der Waals surface area contributed by atoms with Crippen LogP contribution in [-0.4, -0.2) is 12.5 Å². The molecule has 1 heterocycles. The lowest BCUT2D eigenvalue weighted by molar-refractivity contribution is 0.0931. The van der Waals surface area contributed by atoms with Gasteiger partial charge in [-0.05, 0) is 35.0 Å². The highest BCUT2D eigenvalue weighted by molar-refractivity contribution is 9.10. The van der Waals surface area contributed by atoms with Crippen molar-refractivity contribution in [1.29, 1.82) is 0 Å². The fraction of sp³-hybridized carbons (Fsp3) is 0.154. The Morgan fingerprint density at radius 3 is 2.94 bits per heavy atom. The van der Waals surface area contributed by atoms with Gasteiger partial charge in [-0.15, -0.1) is 0 Å². The summed E-state index contributed by atoms with van der Waals surface area (Å²) in [5, 5.41) is 3.63. The Kier molecular flexibility index (Phi) is 3.33. The van der Waals surface area contributed by atoms with Crippen molar-refractivity contribution in [3.8, 4) is 0 Å². The molecule has 0 aliphatic rings. The minimum atomic E-state index is -0.226. The first-order valence-electron chi connectivity index (χ1n) is 5.18. The third-order valence-electron chi connectivity index (χ3n) is 2.27. The first-order valence-corrected chi connectivity index (χ1v) is 5.98. The summed E-state index contributed by atoms with van der Waals surface area (Å²) in [6.45, 7) is 6.04. The number of nitrogens with one attached hydrogen (secondary N) is 1. The van der Waals surface area contributed by atoms with Gasteiger partial charge in [0.2, 0.25) is 0 Å². The SMILES string of the molecule is C=C(C)CNC(=O)c1cc2cccc(Br)c2o1. The average Bonchev–Trinajstić information content (AvgIpc) is 2.71. The molecule has 0 aliphatic carbocycles. The van der Waals surface area contributed by atoms with E-state index in [1.807, 2.05) is 25.1 Å². The highest BCUT2D eigenvalue weighted by Crippen LogP contribution is 2.26. The van der Waals surface area contributed by atoms with Crippen molar-refractivity contribution in [2.24, 2.45) is 0 Å². The van der Waals surface area contributed by atoms with Gasteiger partial charge in [-0.1, -0.05) is 24.3 Å². The Labute approximate surface area is 108 Å². The fourth-order valence-corrected chi connectivity index (χ4v) is 1.92. The second-order valence-electron chi connectivity index (χ2n) is 3.91. The lowest BCUT2D eigenvalue weighted by Gasteiger charge is -2.00. The molecule has 17 heavy (non-hydrogen) atoms. The maximum atomic E-state index is 11.8. The molecule has 0 fully saturated rings. The Morgan fingerprint density at radius 1 is 1.53 bits per heavy atom. The Hall–Kier alpha value is -1.55. The van der Waals surface area contributed by atoms with Crippen LogP contribution < -0.4 is 5.32 Å². The quantitative estimate of drug-likeness (QED) is 0.880. The standard InChI is InChI=1S/C13H12BrNO2/c1-8(2)7-15-13(16)11-6-9-4-3-5-10(14)12(9)17-11/h3-6H,1,7H2,2H3,(H,15,16). The monoisotopic (exact) mass is 293 g/mol. The summed E-state index contributed by atoms with van der Waals surface area (Å²) in [6.07, 6.45) is 0. The average molecular weight is 294 g/mol. The molecule has 1 N–H and O–H groups in total. The first-order chi connectivity index (χ1) is 8.08. The minimum Gasteiger partial charge on any atom is -0.450 e. The van der Waals surface area contributed by atoms with Gasteiger partial charge in [-0.2, -0.15) is 0 Å². The second kappa shape index (κ2) is 4.75. The van der Waals surface area contributed by atoms with E-state index in [1.165, 1.54) is 0 Å². The van der Waals surface area contributed by atoms with Crippen molar-refractivity contribution in [2.75, 3.05) is 6.54 Å². The third-order valence-corrected chi connectivity index (χ3v) is 2.90. The molecular formula is C13H12BrNO2. The van der Waals surface area contributed by atoms with Crippen LogP contribution in [0.2, 0.25) is 0 Å². The number of carbonyl (C=O) groups is 1. The minimum absolute atomic E-state index is 0.226.